The number of hydrogen-bond donors (Lipinski definition) is 1. The topological polar surface area (TPSA) is 66.5 Å². The molecule has 1 heterocycles. The average molecular weight is 574 g/mol. The van der Waals surface area contributed by atoms with Crippen LogP contribution in [0.2, 0.25) is 0 Å². The highest BCUT2D eigenvalue weighted by Crippen LogP contribution is 2.44. The molecule has 10 heteroatoms. The number of anilines is 2. The van der Waals surface area contributed by atoms with E-state index in [2.05, 4.69) is 37.2 Å². The third-order valence-corrected chi connectivity index (χ3v) is 8.51. The van der Waals surface area contributed by atoms with Crippen molar-refractivity contribution in [3.05, 3.63) is 59.7 Å². The summed E-state index contributed by atoms with van der Waals surface area (Å²) < 4.78 is 39.4. The summed E-state index contributed by atoms with van der Waals surface area (Å²) in [5.41, 5.74) is -0.866. The third kappa shape index (κ3) is 4.22. The monoisotopic (exact) mass is 572 g/mol. The molecule has 5 nitrogen and oxygen atoms in total. The molecule has 168 valence electrons. The van der Waals surface area contributed by atoms with E-state index in [4.69, 9.17) is 0 Å². The summed E-state index contributed by atoms with van der Waals surface area (Å²) in [6.45, 7) is 0. The Bertz CT molecular complexity index is 1050. The van der Waals surface area contributed by atoms with Crippen LogP contribution in [0.4, 0.5) is 24.5 Å². The Balaban J connectivity index is 1.52. The van der Waals surface area contributed by atoms with Gasteiger partial charge in [-0.2, -0.15) is 13.2 Å². The predicted molar refractivity (Wildman–Crippen MR) is 120 cm³/mol. The maximum Gasteiger partial charge on any atom is 0.418 e. The van der Waals surface area contributed by atoms with Crippen molar-refractivity contribution in [1.82, 2.24) is 0 Å². The molecule has 1 saturated carbocycles. The highest BCUT2D eigenvalue weighted by atomic mass is 79.9. The van der Waals surface area contributed by atoms with Crippen molar-refractivity contribution >= 4 is 61.0 Å². The zero-order chi connectivity index (χ0) is 23.2. The van der Waals surface area contributed by atoms with Gasteiger partial charge in [0.15, 0.2) is 0 Å². The Labute approximate surface area is 198 Å². The number of amides is 3. The second-order valence-corrected chi connectivity index (χ2v) is 10.1. The van der Waals surface area contributed by atoms with Gasteiger partial charge in [-0.3, -0.25) is 19.3 Å². The van der Waals surface area contributed by atoms with Gasteiger partial charge < -0.3 is 5.32 Å². The molecule has 1 saturated heterocycles. The van der Waals surface area contributed by atoms with E-state index in [-0.39, 0.29) is 32.7 Å². The number of nitrogens with zero attached hydrogens (tertiary/aromatic N) is 1. The Morgan fingerprint density at radius 3 is 1.97 bits per heavy atom. The van der Waals surface area contributed by atoms with Crippen LogP contribution in [0.25, 0.3) is 0 Å². The fourth-order valence-corrected chi connectivity index (χ4v) is 5.38. The second kappa shape index (κ2) is 8.62. The molecular weight excluding hydrogens is 557 g/mol. The van der Waals surface area contributed by atoms with Crippen LogP contribution in [0.15, 0.2) is 48.5 Å². The first-order valence-corrected chi connectivity index (χ1v) is 11.6. The van der Waals surface area contributed by atoms with E-state index in [1.54, 1.807) is 0 Å². The zero-order valence-corrected chi connectivity index (χ0v) is 19.6. The van der Waals surface area contributed by atoms with Gasteiger partial charge in [-0.1, -0.05) is 44.0 Å². The first kappa shape index (κ1) is 23.0. The number of para-hydroxylation sites is 1. The molecule has 0 unspecified atom stereocenters. The molecule has 0 aromatic heterocycles. The van der Waals surface area contributed by atoms with Crippen molar-refractivity contribution in [2.75, 3.05) is 10.2 Å². The van der Waals surface area contributed by atoms with Crippen molar-refractivity contribution in [2.24, 2.45) is 11.8 Å². The first-order valence-electron chi connectivity index (χ1n) is 9.81. The van der Waals surface area contributed by atoms with Crippen molar-refractivity contribution < 1.29 is 27.6 Å². The lowest BCUT2D eigenvalue weighted by atomic mass is 9.81. The van der Waals surface area contributed by atoms with E-state index < -0.39 is 29.5 Å². The summed E-state index contributed by atoms with van der Waals surface area (Å²) in [6, 6.07) is 10.4. The molecule has 1 aliphatic heterocycles. The lowest BCUT2D eigenvalue weighted by molar-refractivity contribution is -0.137. The van der Waals surface area contributed by atoms with Crippen LogP contribution >= 0.6 is 31.9 Å². The third-order valence-electron chi connectivity index (χ3n) is 5.78. The molecule has 1 N–H and O–H groups in total. The van der Waals surface area contributed by atoms with E-state index >= 15 is 0 Å². The van der Waals surface area contributed by atoms with Crippen molar-refractivity contribution in [1.29, 1.82) is 0 Å². The fraction of sp³-hybridized carbons (Fsp3) is 0.318. The molecule has 2 aromatic carbocycles. The maximum atomic E-state index is 13.1. The number of nitrogens with one attached hydrogen (secondary N) is 1. The molecule has 32 heavy (non-hydrogen) atoms. The molecule has 1 aliphatic carbocycles. The number of fused-ring (bicyclic) bond motifs is 1. The van der Waals surface area contributed by atoms with Crippen LogP contribution < -0.4 is 10.2 Å². The highest BCUT2D eigenvalue weighted by molar-refractivity contribution is 9.12. The van der Waals surface area contributed by atoms with Crippen molar-refractivity contribution in [3.8, 4) is 0 Å². The molecule has 2 fully saturated rings. The molecule has 4 atom stereocenters. The van der Waals surface area contributed by atoms with E-state index in [1.165, 1.54) is 42.5 Å². The van der Waals surface area contributed by atoms with E-state index in [0.717, 1.165) is 11.0 Å². The van der Waals surface area contributed by atoms with Gasteiger partial charge in [-0.05, 0) is 49.2 Å². The number of benzene rings is 2. The van der Waals surface area contributed by atoms with Crippen molar-refractivity contribution in [2.45, 2.75) is 28.7 Å². The number of carbonyl (C=O) groups is 3. The smallest absolute Gasteiger partial charge is 0.321 e. The molecule has 0 bridgehead atoms. The number of hydrogen-bond acceptors (Lipinski definition) is 3. The average Bonchev–Trinajstić information content (AvgIpc) is 2.98. The van der Waals surface area contributed by atoms with Crippen LogP contribution in [0.5, 0.6) is 0 Å². The molecular formula is C22H17Br2F3N2O3. The largest absolute Gasteiger partial charge is 0.418 e. The van der Waals surface area contributed by atoms with Crippen LogP contribution in [-0.4, -0.2) is 27.4 Å². The number of halogens is 5. The number of alkyl halides is 5. The minimum absolute atomic E-state index is 0.0890. The lowest BCUT2D eigenvalue weighted by Crippen LogP contribution is -2.34. The highest BCUT2D eigenvalue weighted by Gasteiger charge is 2.52. The number of carbonyl (C=O) groups excluding carboxylic acids is 3. The van der Waals surface area contributed by atoms with Gasteiger partial charge in [0, 0.05) is 15.2 Å². The molecule has 0 radical (unpaired) electrons. The van der Waals surface area contributed by atoms with Gasteiger partial charge in [-0.25, -0.2) is 0 Å². The summed E-state index contributed by atoms with van der Waals surface area (Å²) >= 11 is 7.08. The maximum absolute atomic E-state index is 13.1. The molecule has 2 aliphatic rings. The normalized spacial score (nSPS) is 25.6. The van der Waals surface area contributed by atoms with Crippen molar-refractivity contribution in [3.63, 3.8) is 0 Å². The Morgan fingerprint density at radius 1 is 0.906 bits per heavy atom. The minimum atomic E-state index is -4.61. The SMILES string of the molecule is O=C(Nc1ccccc1C(F)(F)F)c1ccc(N2C(=O)[C@H]3C[C@@H](Br)[C@@H](Br)C[C@H]3C2=O)cc1. The molecule has 2 aromatic rings. The standard InChI is InChI=1S/C22H17Br2F3N2O3/c23-16-9-13-14(10-17(16)24)21(32)29(20(13)31)12-7-5-11(6-8-12)19(30)28-18-4-2-1-3-15(18)22(25,26)27/h1-8,13-14,16-17H,9-10H2,(H,28,30)/t13-,14+,16+,17-. The van der Waals surface area contributed by atoms with E-state index in [1.807, 2.05) is 0 Å². The molecule has 3 amide bonds. The zero-order valence-electron chi connectivity index (χ0n) is 16.4. The summed E-state index contributed by atoms with van der Waals surface area (Å²) in [4.78, 5) is 39.6. The van der Waals surface area contributed by atoms with Crippen LogP contribution in [0.1, 0.15) is 28.8 Å². The summed E-state index contributed by atoms with van der Waals surface area (Å²) in [6.07, 6.45) is -3.52. The van der Waals surface area contributed by atoms with Crippen LogP contribution in [-0.2, 0) is 15.8 Å². The summed E-state index contributed by atoms with van der Waals surface area (Å²) in [5.74, 6) is -2.09. The lowest BCUT2D eigenvalue weighted by Gasteiger charge is -2.29. The molecule has 4 rings (SSSR count). The summed E-state index contributed by atoms with van der Waals surface area (Å²) in [5, 5.41) is 2.27. The Kier molecular flexibility index (Phi) is 6.19. The van der Waals surface area contributed by atoms with Gasteiger partial charge in [0.05, 0.1) is 28.8 Å². The van der Waals surface area contributed by atoms with Gasteiger partial charge in [0.25, 0.3) is 5.91 Å². The molecule has 0 spiro atoms. The predicted octanol–water partition coefficient (Wildman–Crippen LogP) is 5.38. The quantitative estimate of drug-likeness (QED) is 0.396. The number of imide groups is 1. The minimum Gasteiger partial charge on any atom is -0.321 e. The van der Waals surface area contributed by atoms with Gasteiger partial charge in [-0.15, -0.1) is 0 Å². The first-order chi connectivity index (χ1) is 15.1. The summed E-state index contributed by atoms with van der Waals surface area (Å²) in [7, 11) is 0. The van der Waals surface area contributed by atoms with Crippen LogP contribution in [0.3, 0.4) is 0 Å². The fourth-order valence-electron chi connectivity index (χ4n) is 4.15. The van der Waals surface area contributed by atoms with Gasteiger partial charge >= 0.3 is 6.18 Å². The Hall–Kier alpha value is -2.20. The van der Waals surface area contributed by atoms with E-state index in [9.17, 15) is 27.6 Å². The van der Waals surface area contributed by atoms with Gasteiger partial charge in [0.2, 0.25) is 11.8 Å². The second-order valence-electron chi connectivity index (χ2n) is 7.77. The Morgan fingerprint density at radius 2 is 1.44 bits per heavy atom. The number of rotatable bonds is 3. The van der Waals surface area contributed by atoms with Gasteiger partial charge in [0.1, 0.15) is 0 Å². The van der Waals surface area contributed by atoms with E-state index in [0.29, 0.717) is 18.5 Å². The van der Waals surface area contributed by atoms with Crippen LogP contribution in [0, 0.1) is 11.8 Å².